The Kier molecular flexibility index (Phi) is 3.86. The fourth-order valence-corrected chi connectivity index (χ4v) is 2.03. The molecule has 0 spiro atoms. The highest BCUT2D eigenvalue weighted by Gasteiger charge is 2.20. The van der Waals surface area contributed by atoms with Crippen molar-refractivity contribution in [3.05, 3.63) is 23.8 Å². The zero-order valence-corrected chi connectivity index (χ0v) is 10.6. The highest BCUT2D eigenvalue weighted by atomic mass is 16.5. The summed E-state index contributed by atoms with van der Waals surface area (Å²) in [5.41, 5.74) is 1.17. The van der Waals surface area contributed by atoms with Gasteiger partial charge in [0.05, 0.1) is 14.2 Å². The molecule has 4 nitrogen and oxygen atoms in total. The van der Waals surface area contributed by atoms with Gasteiger partial charge in [-0.1, -0.05) is 6.07 Å². The lowest BCUT2D eigenvalue weighted by atomic mass is 10.0. The summed E-state index contributed by atoms with van der Waals surface area (Å²) in [6, 6.07) is 6.79. The smallest absolute Gasteiger partial charge is 0.127 e. The fourth-order valence-electron chi connectivity index (χ4n) is 2.03. The Bertz CT molecular complexity index is 378. The van der Waals surface area contributed by atoms with Crippen LogP contribution in [0.4, 0.5) is 0 Å². The van der Waals surface area contributed by atoms with Gasteiger partial charge in [0.15, 0.2) is 0 Å². The van der Waals surface area contributed by atoms with E-state index in [1.54, 1.807) is 14.2 Å². The molecule has 4 heteroatoms. The monoisotopic (exact) mass is 236 g/mol. The molecular weight excluding hydrogens is 216 g/mol. The first-order valence-electron chi connectivity index (χ1n) is 5.93. The number of hydrogen-bond acceptors (Lipinski definition) is 4. The Hall–Kier alpha value is -1.26. The van der Waals surface area contributed by atoms with E-state index in [0.717, 1.165) is 24.6 Å². The molecule has 1 aliphatic heterocycles. The van der Waals surface area contributed by atoms with E-state index in [9.17, 15) is 0 Å². The first-order chi connectivity index (χ1) is 8.24. The molecule has 1 heterocycles. The lowest BCUT2D eigenvalue weighted by Gasteiger charge is -2.31. The minimum absolute atomic E-state index is 0.281. The maximum Gasteiger partial charge on any atom is 0.127 e. The van der Waals surface area contributed by atoms with Gasteiger partial charge in [0.25, 0.3) is 0 Å². The molecule has 94 valence electrons. The van der Waals surface area contributed by atoms with Crippen LogP contribution in [0.3, 0.4) is 0 Å². The van der Waals surface area contributed by atoms with Crippen LogP contribution in [0, 0.1) is 0 Å². The maximum absolute atomic E-state index is 5.41. The van der Waals surface area contributed by atoms with Crippen LogP contribution in [0.15, 0.2) is 18.2 Å². The van der Waals surface area contributed by atoms with Crippen LogP contribution < -0.4 is 20.1 Å². The molecule has 1 aromatic rings. The molecule has 1 unspecified atom stereocenters. The zero-order valence-electron chi connectivity index (χ0n) is 10.6. The summed E-state index contributed by atoms with van der Waals surface area (Å²) in [5.74, 6) is 1.69. The van der Waals surface area contributed by atoms with Crippen LogP contribution in [-0.4, -0.2) is 33.4 Å². The van der Waals surface area contributed by atoms with E-state index >= 15 is 0 Å². The first kappa shape index (κ1) is 12.2. The lowest BCUT2D eigenvalue weighted by molar-refractivity contribution is 0.330. The summed E-state index contributed by atoms with van der Waals surface area (Å²) in [4.78, 5) is 0. The van der Waals surface area contributed by atoms with Gasteiger partial charge in [-0.3, -0.25) is 0 Å². The molecule has 1 aliphatic rings. The normalized spacial score (nSPS) is 17.4. The van der Waals surface area contributed by atoms with E-state index in [-0.39, 0.29) is 6.04 Å². The van der Waals surface area contributed by atoms with Crippen molar-refractivity contribution < 1.29 is 9.47 Å². The SMILES string of the molecule is COc1ccc(C(C)NC2CNC2)c(OC)c1. The summed E-state index contributed by atoms with van der Waals surface area (Å²) in [6.07, 6.45) is 0. The summed E-state index contributed by atoms with van der Waals surface area (Å²) >= 11 is 0. The molecule has 0 aromatic heterocycles. The van der Waals surface area contributed by atoms with Crippen molar-refractivity contribution in [3.63, 3.8) is 0 Å². The predicted octanol–water partition coefficient (Wildman–Crippen LogP) is 1.33. The van der Waals surface area contributed by atoms with Crippen molar-refractivity contribution >= 4 is 0 Å². The molecule has 0 amide bonds. The second-order valence-corrected chi connectivity index (χ2v) is 4.35. The van der Waals surface area contributed by atoms with Crippen molar-refractivity contribution in [1.82, 2.24) is 10.6 Å². The van der Waals surface area contributed by atoms with Crippen molar-refractivity contribution in [3.8, 4) is 11.5 Å². The number of methoxy groups -OCH3 is 2. The van der Waals surface area contributed by atoms with Gasteiger partial charge in [0, 0.05) is 36.8 Å². The highest BCUT2D eigenvalue weighted by molar-refractivity contribution is 5.42. The summed E-state index contributed by atoms with van der Waals surface area (Å²) in [5, 5.41) is 6.81. The molecule has 0 radical (unpaired) electrons. The second kappa shape index (κ2) is 5.38. The molecule has 2 N–H and O–H groups in total. The Morgan fingerprint density at radius 2 is 2.06 bits per heavy atom. The van der Waals surface area contributed by atoms with Crippen molar-refractivity contribution in [2.24, 2.45) is 0 Å². The third-order valence-corrected chi connectivity index (χ3v) is 3.17. The topological polar surface area (TPSA) is 42.5 Å². The molecular formula is C13H20N2O2. The number of nitrogens with one attached hydrogen (secondary N) is 2. The van der Waals surface area contributed by atoms with Crippen LogP contribution >= 0.6 is 0 Å². The summed E-state index contributed by atoms with van der Waals surface area (Å²) < 4.78 is 10.6. The molecule has 1 aromatic carbocycles. The third kappa shape index (κ3) is 2.70. The zero-order chi connectivity index (χ0) is 12.3. The highest BCUT2D eigenvalue weighted by Crippen LogP contribution is 2.29. The molecule has 0 bridgehead atoms. The lowest BCUT2D eigenvalue weighted by Crippen LogP contribution is -2.55. The number of rotatable bonds is 5. The van der Waals surface area contributed by atoms with E-state index in [1.165, 1.54) is 5.56 Å². The standard InChI is InChI=1S/C13H20N2O2/c1-9(15-10-7-14-8-10)12-5-4-11(16-2)6-13(12)17-3/h4-6,9-10,14-15H,7-8H2,1-3H3. The van der Waals surface area contributed by atoms with Gasteiger partial charge in [-0.2, -0.15) is 0 Å². The van der Waals surface area contributed by atoms with Gasteiger partial charge in [-0.05, 0) is 13.0 Å². The van der Waals surface area contributed by atoms with Crippen LogP contribution in [0.5, 0.6) is 11.5 Å². The quantitative estimate of drug-likeness (QED) is 0.809. The first-order valence-corrected chi connectivity index (χ1v) is 5.93. The number of hydrogen-bond donors (Lipinski definition) is 2. The average Bonchev–Trinajstić information content (AvgIpc) is 2.32. The van der Waals surface area contributed by atoms with E-state index in [0.29, 0.717) is 6.04 Å². The minimum Gasteiger partial charge on any atom is -0.497 e. The number of benzene rings is 1. The minimum atomic E-state index is 0.281. The second-order valence-electron chi connectivity index (χ2n) is 4.35. The molecule has 1 fully saturated rings. The Morgan fingerprint density at radius 3 is 2.59 bits per heavy atom. The average molecular weight is 236 g/mol. The molecule has 1 saturated heterocycles. The van der Waals surface area contributed by atoms with E-state index in [2.05, 4.69) is 23.6 Å². The maximum atomic E-state index is 5.41. The van der Waals surface area contributed by atoms with Crippen molar-refractivity contribution in [1.29, 1.82) is 0 Å². The van der Waals surface area contributed by atoms with Crippen LogP contribution in [0.2, 0.25) is 0 Å². The Morgan fingerprint density at radius 1 is 1.29 bits per heavy atom. The van der Waals surface area contributed by atoms with Gasteiger partial charge in [0.1, 0.15) is 11.5 Å². The van der Waals surface area contributed by atoms with Crippen LogP contribution in [0.1, 0.15) is 18.5 Å². The fraction of sp³-hybridized carbons (Fsp3) is 0.538. The molecule has 2 rings (SSSR count). The predicted molar refractivity (Wildman–Crippen MR) is 67.8 cm³/mol. The van der Waals surface area contributed by atoms with Crippen LogP contribution in [0.25, 0.3) is 0 Å². The molecule has 17 heavy (non-hydrogen) atoms. The Labute approximate surface area is 102 Å². The molecule has 1 atom stereocenters. The number of ether oxygens (including phenoxy) is 2. The third-order valence-electron chi connectivity index (χ3n) is 3.17. The molecule has 0 saturated carbocycles. The van der Waals surface area contributed by atoms with Crippen molar-refractivity contribution in [2.45, 2.75) is 19.0 Å². The van der Waals surface area contributed by atoms with Gasteiger partial charge in [-0.25, -0.2) is 0 Å². The van der Waals surface area contributed by atoms with Gasteiger partial charge >= 0.3 is 0 Å². The van der Waals surface area contributed by atoms with E-state index in [4.69, 9.17) is 9.47 Å². The Balaban J connectivity index is 2.12. The summed E-state index contributed by atoms with van der Waals surface area (Å²) in [6.45, 7) is 4.24. The van der Waals surface area contributed by atoms with Crippen molar-refractivity contribution in [2.75, 3.05) is 27.3 Å². The van der Waals surface area contributed by atoms with E-state index in [1.807, 2.05) is 12.1 Å². The van der Waals surface area contributed by atoms with Gasteiger partial charge in [-0.15, -0.1) is 0 Å². The van der Waals surface area contributed by atoms with Gasteiger partial charge < -0.3 is 20.1 Å². The largest absolute Gasteiger partial charge is 0.497 e. The summed E-state index contributed by atoms with van der Waals surface area (Å²) in [7, 11) is 3.35. The molecule has 0 aliphatic carbocycles. The van der Waals surface area contributed by atoms with Crippen LogP contribution in [-0.2, 0) is 0 Å². The van der Waals surface area contributed by atoms with E-state index < -0.39 is 0 Å². The van der Waals surface area contributed by atoms with Gasteiger partial charge in [0.2, 0.25) is 0 Å².